The number of aliphatic hydroxyl groups is 1. The van der Waals surface area contributed by atoms with Gasteiger partial charge in [0, 0.05) is 31.0 Å². The molecule has 2 aliphatic rings. The van der Waals surface area contributed by atoms with Crippen LogP contribution in [0.3, 0.4) is 0 Å². The van der Waals surface area contributed by atoms with Gasteiger partial charge in [-0.1, -0.05) is 19.3 Å². The van der Waals surface area contributed by atoms with Crippen molar-refractivity contribution < 1.29 is 14.7 Å². The van der Waals surface area contributed by atoms with E-state index in [1.807, 2.05) is 6.92 Å². The van der Waals surface area contributed by atoms with Crippen molar-refractivity contribution in [1.82, 2.24) is 10.6 Å². The third kappa shape index (κ3) is 6.13. The first kappa shape index (κ1) is 18.2. The van der Waals surface area contributed by atoms with Crippen LogP contribution in [0.25, 0.3) is 0 Å². The molecular weight excluding hydrogens is 292 g/mol. The summed E-state index contributed by atoms with van der Waals surface area (Å²) in [5, 5.41) is 15.2. The van der Waals surface area contributed by atoms with Crippen LogP contribution < -0.4 is 10.6 Å². The van der Waals surface area contributed by atoms with Crippen molar-refractivity contribution in [2.75, 3.05) is 6.61 Å². The average Bonchev–Trinajstić information content (AvgIpc) is 2.56. The molecule has 0 radical (unpaired) electrons. The number of carbonyl (C=O) groups excluding carboxylic acids is 2. The molecule has 2 amide bonds. The van der Waals surface area contributed by atoms with Gasteiger partial charge in [0.2, 0.25) is 11.8 Å². The van der Waals surface area contributed by atoms with Crippen LogP contribution in [0.1, 0.15) is 71.1 Å². The van der Waals surface area contributed by atoms with E-state index in [9.17, 15) is 9.59 Å². The fraction of sp³-hybridized carbons (Fsp3) is 0.889. The molecule has 5 nitrogen and oxygen atoms in total. The highest BCUT2D eigenvalue weighted by Crippen LogP contribution is 2.24. The summed E-state index contributed by atoms with van der Waals surface area (Å²) in [7, 11) is 0. The lowest BCUT2D eigenvalue weighted by molar-refractivity contribution is -0.127. The van der Waals surface area contributed by atoms with Crippen molar-refractivity contribution >= 4 is 11.8 Å². The van der Waals surface area contributed by atoms with Crippen LogP contribution >= 0.6 is 0 Å². The van der Waals surface area contributed by atoms with Gasteiger partial charge in [-0.2, -0.15) is 0 Å². The Balaban J connectivity index is 1.65. The van der Waals surface area contributed by atoms with E-state index in [-0.39, 0.29) is 36.4 Å². The van der Waals surface area contributed by atoms with Gasteiger partial charge in [0.25, 0.3) is 0 Å². The standard InChI is InChI=1S/C18H32N2O3/c1-13(19-18(23)15-5-3-2-4-6-15)11-17(22)20-16-9-7-14(12-21)8-10-16/h13-16,21H,2-12H2,1H3,(H,19,23)(H,20,22). The highest BCUT2D eigenvalue weighted by atomic mass is 16.3. The minimum Gasteiger partial charge on any atom is -0.396 e. The first-order chi connectivity index (χ1) is 11.1. The summed E-state index contributed by atoms with van der Waals surface area (Å²) in [4.78, 5) is 24.3. The highest BCUT2D eigenvalue weighted by Gasteiger charge is 2.24. The molecule has 2 saturated carbocycles. The second-order valence-electron chi connectivity index (χ2n) is 7.42. The lowest BCUT2D eigenvalue weighted by Crippen LogP contribution is -2.43. The molecule has 5 heteroatoms. The van der Waals surface area contributed by atoms with Crippen molar-refractivity contribution in [3.05, 3.63) is 0 Å². The minimum atomic E-state index is -0.113. The number of carbonyl (C=O) groups is 2. The molecule has 0 aromatic heterocycles. The zero-order valence-corrected chi connectivity index (χ0v) is 14.4. The molecular formula is C18H32N2O3. The Labute approximate surface area is 139 Å². The first-order valence-electron chi connectivity index (χ1n) is 9.29. The third-order valence-corrected chi connectivity index (χ3v) is 5.33. The van der Waals surface area contributed by atoms with E-state index in [1.54, 1.807) is 0 Å². The van der Waals surface area contributed by atoms with Crippen molar-refractivity contribution in [2.24, 2.45) is 11.8 Å². The molecule has 0 spiro atoms. The summed E-state index contributed by atoms with van der Waals surface area (Å²) < 4.78 is 0. The summed E-state index contributed by atoms with van der Waals surface area (Å²) in [6.07, 6.45) is 9.69. The van der Waals surface area contributed by atoms with Gasteiger partial charge in [-0.25, -0.2) is 0 Å². The Bertz CT molecular complexity index is 386. The zero-order valence-electron chi connectivity index (χ0n) is 14.4. The molecule has 2 fully saturated rings. The molecule has 0 heterocycles. The lowest BCUT2D eigenvalue weighted by Gasteiger charge is -2.28. The highest BCUT2D eigenvalue weighted by molar-refractivity contribution is 5.81. The van der Waals surface area contributed by atoms with E-state index in [0.717, 1.165) is 51.4 Å². The van der Waals surface area contributed by atoms with Crippen LogP contribution in [-0.4, -0.2) is 35.6 Å². The molecule has 0 saturated heterocycles. The van der Waals surface area contributed by atoms with Crippen LogP contribution in [0.15, 0.2) is 0 Å². The average molecular weight is 324 g/mol. The molecule has 23 heavy (non-hydrogen) atoms. The van der Waals surface area contributed by atoms with Crippen molar-refractivity contribution in [3.63, 3.8) is 0 Å². The molecule has 3 N–H and O–H groups in total. The maximum atomic E-state index is 12.2. The number of rotatable bonds is 6. The fourth-order valence-electron chi connectivity index (χ4n) is 3.83. The van der Waals surface area contributed by atoms with E-state index in [4.69, 9.17) is 5.11 Å². The normalized spacial score (nSPS) is 27.2. The van der Waals surface area contributed by atoms with E-state index < -0.39 is 0 Å². The largest absolute Gasteiger partial charge is 0.396 e. The van der Waals surface area contributed by atoms with Gasteiger partial charge in [0.1, 0.15) is 0 Å². The van der Waals surface area contributed by atoms with E-state index >= 15 is 0 Å². The Hall–Kier alpha value is -1.10. The van der Waals surface area contributed by atoms with Gasteiger partial charge in [0.15, 0.2) is 0 Å². The second kappa shape index (κ2) is 9.26. The number of amides is 2. The van der Waals surface area contributed by atoms with Crippen LogP contribution in [-0.2, 0) is 9.59 Å². The number of nitrogens with one attached hydrogen (secondary N) is 2. The predicted octanol–water partition coefficient (Wildman–Crippen LogP) is 2.13. The Morgan fingerprint density at radius 1 is 1.04 bits per heavy atom. The molecule has 1 atom stereocenters. The summed E-state index contributed by atoms with van der Waals surface area (Å²) in [5.41, 5.74) is 0. The molecule has 0 aromatic rings. The monoisotopic (exact) mass is 324 g/mol. The Morgan fingerprint density at radius 2 is 1.70 bits per heavy atom. The predicted molar refractivity (Wildman–Crippen MR) is 89.8 cm³/mol. The van der Waals surface area contributed by atoms with Crippen molar-refractivity contribution in [2.45, 2.75) is 83.2 Å². The molecule has 2 aliphatic carbocycles. The van der Waals surface area contributed by atoms with Gasteiger partial charge >= 0.3 is 0 Å². The van der Waals surface area contributed by atoms with Gasteiger partial charge in [-0.3, -0.25) is 9.59 Å². The quantitative estimate of drug-likeness (QED) is 0.700. The fourth-order valence-corrected chi connectivity index (χ4v) is 3.83. The molecule has 132 valence electrons. The van der Waals surface area contributed by atoms with E-state index in [2.05, 4.69) is 10.6 Å². The SMILES string of the molecule is CC(CC(=O)NC1CCC(CO)CC1)NC(=O)C1CCCCC1. The van der Waals surface area contributed by atoms with Crippen LogP contribution in [0.4, 0.5) is 0 Å². The second-order valence-corrected chi connectivity index (χ2v) is 7.42. The maximum Gasteiger partial charge on any atom is 0.223 e. The van der Waals surface area contributed by atoms with Gasteiger partial charge in [0.05, 0.1) is 0 Å². The van der Waals surface area contributed by atoms with Crippen molar-refractivity contribution in [1.29, 1.82) is 0 Å². The molecule has 2 rings (SSSR count). The summed E-state index contributed by atoms with van der Waals surface area (Å²) >= 11 is 0. The van der Waals surface area contributed by atoms with E-state index in [1.165, 1.54) is 6.42 Å². The Morgan fingerprint density at radius 3 is 2.30 bits per heavy atom. The number of hydrogen-bond acceptors (Lipinski definition) is 3. The van der Waals surface area contributed by atoms with Gasteiger partial charge in [-0.05, 0) is 51.4 Å². The van der Waals surface area contributed by atoms with Gasteiger partial charge in [-0.15, -0.1) is 0 Å². The molecule has 0 aromatic carbocycles. The summed E-state index contributed by atoms with van der Waals surface area (Å²) in [6.45, 7) is 2.16. The number of aliphatic hydroxyl groups excluding tert-OH is 1. The first-order valence-corrected chi connectivity index (χ1v) is 9.29. The Kier molecular flexibility index (Phi) is 7.34. The van der Waals surface area contributed by atoms with Gasteiger partial charge < -0.3 is 15.7 Å². The minimum absolute atomic E-state index is 0.0221. The lowest BCUT2D eigenvalue weighted by atomic mass is 9.86. The van der Waals surface area contributed by atoms with Crippen LogP contribution in [0.5, 0.6) is 0 Å². The smallest absolute Gasteiger partial charge is 0.223 e. The topological polar surface area (TPSA) is 78.4 Å². The van der Waals surface area contributed by atoms with Crippen LogP contribution in [0.2, 0.25) is 0 Å². The molecule has 0 aliphatic heterocycles. The summed E-state index contributed by atoms with van der Waals surface area (Å²) in [5.74, 6) is 0.683. The zero-order chi connectivity index (χ0) is 16.7. The third-order valence-electron chi connectivity index (χ3n) is 5.33. The number of hydrogen-bond donors (Lipinski definition) is 3. The van der Waals surface area contributed by atoms with Crippen molar-refractivity contribution in [3.8, 4) is 0 Å². The molecule has 1 unspecified atom stereocenters. The van der Waals surface area contributed by atoms with E-state index in [0.29, 0.717) is 12.3 Å². The van der Waals surface area contributed by atoms with Crippen LogP contribution in [0, 0.1) is 11.8 Å². The molecule has 0 bridgehead atoms. The summed E-state index contributed by atoms with van der Waals surface area (Å²) in [6, 6.07) is 0.116. The maximum absolute atomic E-state index is 12.2.